The van der Waals surface area contributed by atoms with Gasteiger partial charge >= 0.3 is 0 Å². The third kappa shape index (κ3) is 5.76. The number of nitrogens with one attached hydrogen (secondary N) is 2. The van der Waals surface area contributed by atoms with E-state index < -0.39 is 6.29 Å². The van der Waals surface area contributed by atoms with E-state index in [9.17, 15) is 10.1 Å². The number of nitrogens with zero attached hydrogens (tertiary/aromatic N) is 6. The van der Waals surface area contributed by atoms with Crippen LogP contribution in [0.15, 0.2) is 71.4 Å². The molecule has 1 amide bonds. The molecule has 10 heteroatoms. The summed E-state index contributed by atoms with van der Waals surface area (Å²) in [5, 5.41) is 25.3. The number of anilines is 1. The van der Waals surface area contributed by atoms with Crippen molar-refractivity contribution in [3.05, 3.63) is 88.6 Å². The lowest BCUT2D eigenvalue weighted by Gasteiger charge is -2.28. The molecule has 1 aromatic heterocycles. The molecule has 3 aromatic rings. The largest absolute Gasteiger partial charge is 0.438 e. The Bertz CT molecular complexity index is 1500. The molecule has 5 rings (SSSR count). The van der Waals surface area contributed by atoms with Gasteiger partial charge in [-0.25, -0.2) is 9.98 Å². The predicted octanol–water partition coefficient (Wildman–Crippen LogP) is 3.60. The van der Waals surface area contributed by atoms with E-state index >= 15 is 0 Å². The molecule has 2 aliphatic rings. The molecule has 0 radical (unpaired) electrons. The van der Waals surface area contributed by atoms with Crippen LogP contribution >= 0.6 is 0 Å². The predicted molar refractivity (Wildman–Crippen MR) is 145 cm³/mol. The fourth-order valence-corrected chi connectivity index (χ4v) is 4.81. The topological polar surface area (TPSA) is 131 Å². The zero-order chi connectivity index (χ0) is 27.4. The Kier molecular flexibility index (Phi) is 7.28. The number of hydrogen-bond acceptors (Lipinski definition) is 8. The summed E-state index contributed by atoms with van der Waals surface area (Å²) < 4.78 is 8.24. The molecule has 2 aliphatic heterocycles. The Morgan fingerprint density at radius 3 is 2.49 bits per heavy atom. The van der Waals surface area contributed by atoms with Gasteiger partial charge in [-0.15, -0.1) is 0 Å². The van der Waals surface area contributed by atoms with E-state index in [0.29, 0.717) is 48.7 Å². The molecule has 196 valence electrons. The fraction of sp³-hybridized carbons (Fsp3) is 0.276. The number of nitriles is 2. The first-order chi connectivity index (χ1) is 18.9. The lowest BCUT2D eigenvalue weighted by Crippen LogP contribution is -2.41. The van der Waals surface area contributed by atoms with Crippen molar-refractivity contribution >= 4 is 17.5 Å². The molecule has 0 fully saturated rings. The molecule has 3 heterocycles. The lowest BCUT2D eigenvalue weighted by molar-refractivity contribution is -0.131. The first-order valence-corrected chi connectivity index (χ1v) is 12.7. The Morgan fingerprint density at radius 1 is 1.10 bits per heavy atom. The van der Waals surface area contributed by atoms with Crippen molar-refractivity contribution in [2.75, 3.05) is 18.4 Å². The molecule has 0 aliphatic carbocycles. The highest BCUT2D eigenvalue weighted by molar-refractivity contribution is 5.97. The highest BCUT2D eigenvalue weighted by Gasteiger charge is 2.29. The highest BCUT2D eigenvalue weighted by Crippen LogP contribution is 2.30. The highest BCUT2D eigenvalue weighted by atomic mass is 16.5. The summed E-state index contributed by atoms with van der Waals surface area (Å²) in [5.41, 5.74) is 5.53. The number of benzene rings is 2. The Morgan fingerprint density at radius 2 is 1.82 bits per heavy atom. The number of imidazole rings is 1. The van der Waals surface area contributed by atoms with Crippen molar-refractivity contribution in [1.82, 2.24) is 19.8 Å². The van der Waals surface area contributed by atoms with Crippen molar-refractivity contribution < 1.29 is 9.53 Å². The second-order valence-corrected chi connectivity index (χ2v) is 9.54. The van der Waals surface area contributed by atoms with Crippen LogP contribution in [0.5, 0.6) is 5.75 Å². The van der Waals surface area contributed by atoms with Crippen molar-refractivity contribution in [3.8, 4) is 17.9 Å². The van der Waals surface area contributed by atoms with Gasteiger partial charge in [0.05, 0.1) is 29.6 Å². The molecule has 2 N–H and O–H groups in total. The van der Waals surface area contributed by atoms with Gasteiger partial charge in [-0.2, -0.15) is 10.5 Å². The minimum Gasteiger partial charge on any atom is -0.438 e. The number of hydrogen-bond donors (Lipinski definition) is 2. The number of carbonyl (C=O) groups is 1. The van der Waals surface area contributed by atoms with Crippen LogP contribution in [0, 0.1) is 36.5 Å². The zero-order valence-electron chi connectivity index (χ0n) is 21.8. The van der Waals surface area contributed by atoms with Crippen LogP contribution in [-0.2, 0) is 11.3 Å². The standard InChI is InChI=1S/C29H28N8O2/c1-19-13-22(16-31)14-20(2)27(19)39-28-24-7-10-37(26(38)17-36-12-9-32-18-36)11-8-25(24)34-29(35-28)33-23-5-3-21(15-30)4-6-23/h3-6,9,12-14,18,29,33-34H,7-8,10-11,17H2,1-2H3. The molecule has 0 saturated heterocycles. The Labute approximate surface area is 226 Å². The summed E-state index contributed by atoms with van der Waals surface area (Å²) in [6.45, 7) is 5.16. The van der Waals surface area contributed by atoms with Crippen LogP contribution in [0.3, 0.4) is 0 Å². The van der Waals surface area contributed by atoms with Gasteiger partial charge in [-0.1, -0.05) is 0 Å². The average Bonchev–Trinajstić information content (AvgIpc) is 3.35. The average molecular weight is 521 g/mol. The number of aliphatic imine (C=N–C) groups is 1. The maximum atomic E-state index is 13.0. The second kappa shape index (κ2) is 11.1. The number of carbonyl (C=O) groups excluding carboxylic acids is 1. The van der Waals surface area contributed by atoms with Crippen LogP contribution in [0.2, 0.25) is 0 Å². The minimum atomic E-state index is -0.515. The van der Waals surface area contributed by atoms with Crippen LogP contribution in [0.25, 0.3) is 0 Å². The molecule has 1 atom stereocenters. The summed E-state index contributed by atoms with van der Waals surface area (Å²) in [6.07, 6.45) is 5.76. The third-order valence-electron chi connectivity index (χ3n) is 6.78. The molecule has 1 unspecified atom stereocenters. The van der Waals surface area contributed by atoms with Crippen molar-refractivity contribution in [3.63, 3.8) is 0 Å². The van der Waals surface area contributed by atoms with E-state index in [1.807, 2.05) is 30.9 Å². The summed E-state index contributed by atoms with van der Waals surface area (Å²) in [5.74, 6) is 1.17. The maximum Gasteiger partial charge on any atom is 0.242 e. The molecule has 2 aromatic carbocycles. The van der Waals surface area contributed by atoms with Crippen LogP contribution in [-0.4, -0.2) is 45.6 Å². The molecule has 0 saturated carbocycles. The SMILES string of the molecule is Cc1cc(C#N)cc(C)c1OC1=NC(Nc2ccc(C#N)cc2)NC2=C1CCN(C(=O)Cn1ccnc1)CC2. The van der Waals surface area contributed by atoms with E-state index in [2.05, 4.69) is 27.8 Å². The normalized spacial score (nSPS) is 16.7. The van der Waals surface area contributed by atoms with Gasteiger partial charge in [0.25, 0.3) is 0 Å². The quantitative estimate of drug-likeness (QED) is 0.525. The van der Waals surface area contributed by atoms with Crippen LogP contribution in [0.1, 0.15) is 35.1 Å². The van der Waals surface area contributed by atoms with Crippen LogP contribution < -0.4 is 15.4 Å². The van der Waals surface area contributed by atoms with E-state index in [0.717, 1.165) is 28.1 Å². The van der Waals surface area contributed by atoms with Crippen molar-refractivity contribution in [1.29, 1.82) is 10.5 Å². The summed E-state index contributed by atoms with van der Waals surface area (Å²) in [7, 11) is 0. The smallest absolute Gasteiger partial charge is 0.242 e. The van der Waals surface area contributed by atoms with Gasteiger partial charge in [-0.3, -0.25) is 4.79 Å². The number of aryl methyl sites for hydroxylation is 2. The van der Waals surface area contributed by atoms with Crippen molar-refractivity contribution in [2.45, 2.75) is 39.5 Å². The summed E-state index contributed by atoms with van der Waals surface area (Å²) in [4.78, 5) is 23.8. The van der Waals surface area contributed by atoms with E-state index in [-0.39, 0.29) is 12.5 Å². The summed E-state index contributed by atoms with van der Waals surface area (Å²) in [6, 6.07) is 15.1. The second-order valence-electron chi connectivity index (χ2n) is 9.54. The molecule has 10 nitrogen and oxygen atoms in total. The molecule has 0 bridgehead atoms. The number of ether oxygens (including phenoxy) is 1. The van der Waals surface area contributed by atoms with Crippen molar-refractivity contribution in [2.24, 2.45) is 4.99 Å². The first kappa shape index (κ1) is 25.6. The number of rotatable bonds is 5. The number of amides is 1. The van der Waals surface area contributed by atoms with Gasteiger partial charge in [-0.05, 0) is 67.8 Å². The van der Waals surface area contributed by atoms with E-state index in [1.165, 1.54) is 0 Å². The number of aromatic nitrogens is 2. The molecule has 0 spiro atoms. The van der Waals surface area contributed by atoms with Gasteiger partial charge in [0.15, 0.2) is 6.29 Å². The first-order valence-electron chi connectivity index (χ1n) is 12.7. The Balaban J connectivity index is 1.41. The lowest BCUT2D eigenvalue weighted by atomic mass is 10.1. The van der Waals surface area contributed by atoms with E-state index in [1.54, 1.807) is 47.6 Å². The van der Waals surface area contributed by atoms with E-state index in [4.69, 9.17) is 15.0 Å². The summed E-state index contributed by atoms with van der Waals surface area (Å²) >= 11 is 0. The molecular weight excluding hydrogens is 492 g/mol. The van der Waals surface area contributed by atoms with Gasteiger partial charge in [0, 0.05) is 48.9 Å². The van der Waals surface area contributed by atoms with Gasteiger partial charge < -0.3 is 24.8 Å². The van der Waals surface area contributed by atoms with Gasteiger partial charge in [0.1, 0.15) is 12.3 Å². The maximum absolute atomic E-state index is 13.0. The van der Waals surface area contributed by atoms with Gasteiger partial charge in [0.2, 0.25) is 11.8 Å². The minimum absolute atomic E-state index is 0.0262. The molecular formula is C29H28N8O2. The Hall–Kier alpha value is -5.09. The molecule has 39 heavy (non-hydrogen) atoms. The third-order valence-corrected chi connectivity index (χ3v) is 6.78. The fourth-order valence-electron chi connectivity index (χ4n) is 4.81. The zero-order valence-corrected chi connectivity index (χ0v) is 21.8. The monoisotopic (exact) mass is 520 g/mol. The van der Waals surface area contributed by atoms with Crippen LogP contribution in [0.4, 0.5) is 5.69 Å².